The monoisotopic (exact) mass is 247 g/mol. The molecular weight excluding hydrogens is 226 g/mol. The topological polar surface area (TPSA) is 84.9 Å². The van der Waals surface area contributed by atoms with Crippen LogP contribution in [0, 0.1) is 0 Å². The highest BCUT2D eigenvalue weighted by Gasteiger charge is 2.11. The third kappa shape index (κ3) is 9.77. The summed E-state index contributed by atoms with van der Waals surface area (Å²) in [5, 5.41) is 11.2. The van der Waals surface area contributed by atoms with Crippen molar-refractivity contribution in [2.45, 2.75) is 32.2 Å². The SMILES string of the molecule is CCC(COCCOC)NC(=O)CCC(=O)O. The zero-order chi connectivity index (χ0) is 13.1. The Labute approximate surface area is 101 Å². The number of aliphatic carboxylic acids is 1. The van der Waals surface area contributed by atoms with Gasteiger partial charge in [-0.25, -0.2) is 0 Å². The van der Waals surface area contributed by atoms with Crippen LogP contribution in [0.3, 0.4) is 0 Å². The van der Waals surface area contributed by atoms with Crippen LogP contribution >= 0.6 is 0 Å². The Balaban J connectivity index is 3.71. The molecule has 0 aliphatic heterocycles. The van der Waals surface area contributed by atoms with Gasteiger partial charge in [0.05, 0.1) is 32.3 Å². The van der Waals surface area contributed by atoms with Gasteiger partial charge in [0.1, 0.15) is 0 Å². The maximum atomic E-state index is 11.4. The molecule has 0 aliphatic carbocycles. The molecule has 6 nitrogen and oxygen atoms in total. The van der Waals surface area contributed by atoms with Crippen molar-refractivity contribution in [3.05, 3.63) is 0 Å². The molecule has 1 amide bonds. The van der Waals surface area contributed by atoms with E-state index in [1.54, 1.807) is 7.11 Å². The zero-order valence-corrected chi connectivity index (χ0v) is 10.4. The lowest BCUT2D eigenvalue weighted by molar-refractivity contribution is -0.139. The average molecular weight is 247 g/mol. The van der Waals surface area contributed by atoms with Gasteiger partial charge in [0.25, 0.3) is 0 Å². The predicted octanol–water partition coefficient (Wildman–Crippen LogP) is 0.409. The molecule has 0 fully saturated rings. The standard InChI is InChI=1S/C11H21NO5/c1-3-9(8-17-7-6-16-2)12-10(13)4-5-11(14)15/h9H,3-8H2,1-2H3,(H,12,13)(H,14,15). The Hall–Kier alpha value is -1.14. The molecule has 0 heterocycles. The Morgan fingerprint density at radius 2 is 2.00 bits per heavy atom. The minimum absolute atomic E-state index is 0.00387. The fourth-order valence-corrected chi connectivity index (χ4v) is 1.15. The van der Waals surface area contributed by atoms with Gasteiger partial charge in [0.15, 0.2) is 0 Å². The fourth-order valence-electron chi connectivity index (χ4n) is 1.15. The molecule has 0 rings (SSSR count). The van der Waals surface area contributed by atoms with Gasteiger partial charge >= 0.3 is 5.97 Å². The van der Waals surface area contributed by atoms with E-state index in [1.165, 1.54) is 0 Å². The maximum Gasteiger partial charge on any atom is 0.303 e. The molecule has 0 aromatic carbocycles. The highest BCUT2D eigenvalue weighted by molar-refractivity contribution is 5.80. The second kappa shape index (κ2) is 10.0. The van der Waals surface area contributed by atoms with Crippen molar-refractivity contribution in [3.63, 3.8) is 0 Å². The first-order chi connectivity index (χ1) is 8.10. The van der Waals surface area contributed by atoms with Gasteiger partial charge in [-0.15, -0.1) is 0 Å². The van der Waals surface area contributed by atoms with E-state index >= 15 is 0 Å². The van der Waals surface area contributed by atoms with Gasteiger partial charge < -0.3 is 19.9 Å². The van der Waals surface area contributed by atoms with E-state index in [2.05, 4.69) is 5.32 Å². The van der Waals surface area contributed by atoms with Gasteiger partial charge in [-0.3, -0.25) is 9.59 Å². The number of carbonyl (C=O) groups excluding carboxylic acids is 1. The molecule has 100 valence electrons. The molecule has 6 heteroatoms. The van der Waals surface area contributed by atoms with E-state index in [-0.39, 0.29) is 24.8 Å². The highest BCUT2D eigenvalue weighted by Crippen LogP contribution is 1.96. The molecule has 0 saturated carbocycles. The van der Waals surface area contributed by atoms with Crippen LogP contribution in [0.15, 0.2) is 0 Å². The normalized spacial score (nSPS) is 12.1. The molecule has 0 bridgehead atoms. The van der Waals surface area contributed by atoms with Crippen LogP contribution in [0.4, 0.5) is 0 Å². The van der Waals surface area contributed by atoms with Gasteiger partial charge in [0.2, 0.25) is 5.91 Å². The minimum atomic E-state index is -0.968. The lowest BCUT2D eigenvalue weighted by Crippen LogP contribution is -2.38. The number of hydrogen-bond acceptors (Lipinski definition) is 4. The molecule has 0 saturated heterocycles. The Morgan fingerprint density at radius 3 is 2.53 bits per heavy atom. The summed E-state index contributed by atoms with van der Waals surface area (Å²) < 4.78 is 10.1. The first-order valence-electron chi connectivity index (χ1n) is 5.68. The quantitative estimate of drug-likeness (QED) is 0.546. The summed E-state index contributed by atoms with van der Waals surface area (Å²) in [5.41, 5.74) is 0. The summed E-state index contributed by atoms with van der Waals surface area (Å²) in [6.07, 6.45) is 0.600. The summed E-state index contributed by atoms with van der Waals surface area (Å²) in [4.78, 5) is 21.6. The molecule has 17 heavy (non-hydrogen) atoms. The van der Waals surface area contributed by atoms with E-state index in [1.807, 2.05) is 6.92 Å². The second-order valence-corrected chi connectivity index (χ2v) is 3.63. The van der Waals surface area contributed by atoms with Crippen molar-refractivity contribution >= 4 is 11.9 Å². The van der Waals surface area contributed by atoms with Gasteiger partial charge in [0, 0.05) is 13.5 Å². The van der Waals surface area contributed by atoms with Crippen molar-refractivity contribution in [2.24, 2.45) is 0 Å². The second-order valence-electron chi connectivity index (χ2n) is 3.63. The molecule has 2 N–H and O–H groups in total. The number of hydrogen-bond donors (Lipinski definition) is 2. The largest absolute Gasteiger partial charge is 0.481 e. The van der Waals surface area contributed by atoms with E-state index in [0.29, 0.717) is 19.8 Å². The third-order valence-electron chi connectivity index (χ3n) is 2.17. The van der Waals surface area contributed by atoms with Crippen LogP contribution < -0.4 is 5.32 Å². The van der Waals surface area contributed by atoms with Crippen molar-refractivity contribution in [1.29, 1.82) is 0 Å². The number of carboxylic acids is 1. The van der Waals surface area contributed by atoms with Crippen LogP contribution in [0.2, 0.25) is 0 Å². The van der Waals surface area contributed by atoms with Gasteiger partial charge in [-0.05, 0) is 6.42 Å². The Kier molecular flexibility index (Phi) is 9.37. The highest BCUT2D eigenvalue weighted by atomic mass is 16.5. The summed E-state index contributed by atoms with van der Waals surface area (Å²) in [5.74, 6) is -1.22. The summed E-state index contributed by atoms with van der Waals surface area (Å²) >= 11 is 0. The fraction of sp³-hybridized carbons (Fsp3) is 0.818. The zero-order valence-electron chi connectivity index (χ0n) is 10.4. The Bertz CT molecular complexity index is 232. The molecule has 1 unspecified atom stereocenters. The molecule has 0 radical (unpaired) electrons. The van der Waals surface area contributed by atoms with E-state index < -0.39 is 5.97 Å². The maximum absolute atomic E-state index is 11.4. The molecule has 0 spiro atoms. The van der Waals surface area contributed by atoms with E-state index in [9.17, 15) is 9.59 Å². The number of amides is 1. The van der Waals surface area contributed by atoms with Crippen LogP contribution in [0.1, 0.15) is 26.2 Å². The lowest BCUT2D eigenvalue weighted by Gasteiger charge is -2.16. The lowest BCUT2D eigenvalue weighted by atomic mass is 10.2. The van der Waals surface area contributed by atoms with Crippen molar-refractivity contribution < 1.29 is 24.2 Å². The Morgan fingerprint density at radius 1 is 1.29 bits per heavy atom. The summed E-state index contributed by atoms with van der Waals surface area (Å²) in [7, 11) is 1.59. The van der Waals surface area contributed by atoms with Crippen LogP contribution in [0.25, 0.3) is 0 Å². The number of rotatable bonds is 10. The first-order valence-corrected chi connectivity index (χ1v) is 5.68. The minimum Gasteiger partial charge on any atom is -0.481 e. The number of ether oxygens (including phenoxy) is 2. The average Bonchev–Trinajstić information content (AvgIpc) is 2.30. The molecule has 0 aliphatic rings. The van der Waals surface area contributed by atoms with Crippen LogP contribution in [0.5, 0.6) is 0 Å². The van der Waals surface area contributed by atoms with Crippen LogP contribution in [-0.2, 0) is 19.1 Å². The van der Waals surface area contributed by atoms with Crippen molar-refractivity contribution in [2.75, 3.05) is 26.9 Å². The van der Waals surface area contributed by atoms with Crippen LogP contribution in [-0.4, -0.2) is 50.0 Å². The molecule has 1 atom stereocenters. The van der Waals surface area contributed by atoms with Gasteiger partial charge in [-0.1, -0.05) is 6.92 Å². The number of methoxy groups -OCH3 is 1. The van der Waals surface area contributed by atoms with E-state index in [4.69, 9.17) is 14.6 Å². The predicted molar refractivity (Wildman–Crippen MR) is 61.8 cm³/mol. The van der Waals surface area contributed by atoms with Crippen molar-refractivity contribution in [3.8, 4) is 0 Å². The van der Waals surface area contributed by atoms with Gasteiger partial charge in [-0.2, -0.15) is 0 Å². The summed E-state index contributed by atoms with van der Waals surface area (Å²) in [6, 6.07) is -0.0758. The number of carbonyl (C=O) groups is 2. The third-order valence-corrected chi connectivity index (χ3v) is 2.17. The smallest absolute Gasteiger partial charge is 0.303 e. The number of nitrogens with one attached hydrogen (secondary N) is 1. The van der Waals surface area contributed by atoms with Crippen molar-refractivity contribution in [1.82, 2.24) is 5.32 Å². The molecule has 0 aromatic heterocycles. The molecule has 0 aromatic rings. The van der Waals surface area contributed by atoms with E-state index in [0.717, 1.165) is 6.42 Å². The molecular formula is C11H21NO5. The summed E-state index contributed by atoms with van der Waals surface area (Å²) in [6.45, 7) is 3.35. The first kappa shape index (κ1) is 15.9. The number of carboxylic acid groups (broad SMARTS) is 1.